The van der Waals surface area contributed by atoms with Crippen LogP contribution in [0.2, 0.25) is 0 Å². The summed E-state index contributed by atoms with van der Waals surface area (Å²) in [7, 11) is 0. The Balaban J connectivity index is 1.82. The largest absolute Gasteiger partial charge is 0.326 e. The SMILES string of the molecule is CC(=O)Nc1cccc(NC(=O)C(C)n2nc(-c3ccc(F)cc3)ccc2=O)c1. The highest BCUT2D eigenvalue weighted by Crippen LogP contribution is 2.18. The molecule has 0 fully saturated rings. The molecule has 8 heteroatoms. The molecule has 0 bridgehead atoms. The second-order valence-electron chi connectivity index (χ2n) is 6.44. The molecule has 2 amide bonds. The van der Waals surface area contributed by atoms with E-state index in [4.69, 9.17) is 0 Å². The number of hydrogen-bond donors (Lipinski definition) is 2. The second kappa shape index (κ2) is 8.47. The van der Waals surface area contributed by atoms with Crippen LogP contribution in [-0.4, -0.2) is 21.6 Å². The van der Waals surface area contributed by atoms with Gasteiger partial charge in [-0.25, -0.2) is 9.07 Å². The molecule has 0 aliphatic rings. The number of halogens is 1. The maximum atomic E-state index is 13.1. The third kappa shape index (κ3) is 4.92. The van der Waals surface area contributed by atoms with Gasteiger partial charge in [0.15, 0.2) is 0 Å². The van der Waals surface area contributed by atoms with Gasteiger partial charge in [0.05, 0.1) is 5.69 Å². The highest BCUT2D eigenvalue weighted by molar-refractivity contribution is 5.95. The number of carbonyl (C=O) groups is 2. The van der Waals surface area contributed by atoms with Gasteiger partial charge >= 0.3 is 0 Å². The summed E-state index contributed by atoms with van der Waals surface area (Å²) < 4.78 is 14.2. The van der Waals surface area contributed by atoms with Crippen LogP contribution in [-0.2, 0) is 9.59 Å². The van der Waals surface area contributed by atoms with Gasteiger partial charge in [0.1, 0.15) is 11.9 Å². The fourth-order valence-electron chi connectivity index (χ4n) is 2.71. The number of carbonyl (C=O) groups excluding carboxylic acids is 2. The van der Waals surface area contributed by atoms with Crippen molar-refractivity contribution in [3.05, 3.63) is 76.8 Å². The lowest BCUT2D eigenvalue weighted by molar-refractivity contribution is -0.119. The molecular formula is C21H19FN4O3. The fourth-order valence-corrected chi connectivity index (χ4v) is 2.71. The van der Waals surface area contributed by atoms with E-state index in [-0.39, 0.29) is 11.7 Å². The monoisotopic (exact) mass is 394 g/mol. The molecule has 7 nitrogen and oxygen atoms in total. The zero-order valence-electron chi connectivity index (χ0n) is 15.8. The molecular weight excluding hydrogens is 375 g/mol. The van der Waals surface area contributed by atoms with Gasteiger partial charge in [-0.1, -0.05) is 6.07 Å². The van der Waals surface area contributed by atoms with E-state index in [2.05, 4.69) is 15.7 Å². The van der Waals surface area contributed by atoms with Crippen LogP contribution in [0.1, 0.15) is 19.9 Å². The number of amides is 2. The first-order chi connectivity index (χ1) is 13.8. The summed E-state index contributed by atoms with van der Waals surface area (Å²) in [5.41, 5.74) is 1.63. The van der Waals surface area contributed by atoms with Crippen LogP contribution in [0.5, 0.6) is 0 Å². The minimum Gasteiger partial charge on any atom is -0.326 e. The van der Waals surface area contributed by atoms with Crippen molar-refractivity contribution in [1.29, 1.82) is 0 Å². The van der Waals surface area contributed by atoms with E-state index in [1.165, 1.54) is 31.2 Å². The highest BCUT2D eigenvalue weighted by Gasteiger charge is 2.18. The van der Waals surface area contributed by atoms with Gasteiger partial charge < -0.3 is 10.6 Å². The van der Waals surface area contributed by atoms with Crippen molar-refractivity contribution in [3.8, 4) is 11.3 Å². The van der Waals surface area contributed by atoms with E-state index in [9.17, 15) is 18.8 Å². The minimum atomic E-state index is -0.896. The molecule has 3 aromatic rings. The van der Waals surface area contributed by atoms with Gasteiger partial charge in [0.2, 0.25) is 11.8 Å². The lowest BCUT2D eigenvalue weighted by Crippen LogP contribution is -2.33. The van der Waals surface area contributed by atoms with Crippen molar-refractivity contribution in [1.82, 2.24) is 9.78 Å². The number of nitrogens with zero attached hydrogens (tertiary/aromatic N) is 2. The van der Waals surface area contributed by atoms with E-state index in [0.29, 0.717) is 22.6 Å². The number of anilines is 2. The molecule has 1 heterocycles. The molecule has 0 radical (unpaired) electrons. The summed E-state index contributed by atoms with van der Waals surface area (Å²) in [5.74, 6) is -1.05. The Hall–Kier alpha value is -3.81. The van der Waals surface area contributed by atoms with E-state index in [1.807, 2.05) is 0 Å². The van der Waals surface area contributed by atoms with E-state index in [1.54, 1.807) is 43.3 Å². The lowest BCUT2D eigenvalue weighted by Gasteiger charge is -2.15. The van der Waals surface area contributed by atoms with Crippen LogP contribution in [0.3, 0.4) is 0 Å². The number of nitrogens with one attached hydrogen (secondary N) is 2. The molecule has 1 atom stereocenters. The van der Waals surface area contributed by atoms with Crippen molar-refractivity contribution in [3.63, 3.8) is 0 Å². The molecule has 0 aliphatic heterocycles. The number of hydrogen-bond acceptors (Lipinski definition) is 4. The number of aromatic nitrogens is 2. The molecule has 1 unspecified atom stereocenters. The Morgan fingerprint density at radius 1 is 1.00 bits per heavy atom. The first-order valence-corrected chi connectivity index (χ1v) is 8.88. The maximum absolute atomic E-state index is 13.1. The summed E-state index contributed by atoms with van der Waals surface area (Å²) in [6.07, 6.45) is 0. The van der Waals surface area contributed by atoms with Gasteiger partial charge in [-0.05, 0) is 55.5 Å². The van der Waals surface area contributed by atoms with Crippen LogP contribution >= 0.6 is 0 Å². The molecule has 29 heavy (non-hydrogen) atoms. The molecule has 2 N–H and O–H groups in total. The highest BCUT2D eigenvalue weighted by atomic mass is 19.1. The zero-order chi connectivity index (χ0) is 21.0. The van der Waals surface area contributed by atoms with Crippen LogP contribution in [0.15, 0.2) is 65.5 Å². The van der Waals surface area contributed by atoms with Gasteiger partial charge in [0, 0.05) is 29.9 Å². The van der Waals surface area contributed by atoms with Crippen LogP contribution in [0.25, 0.3) is 11.3 Å². The molecule has 3 rings (SSSR count). The van der Waals surface area contributed by atoms with Gasteiger partial charge in [-0.15, -0.1) is 0 Å². The van der Waals surface area contributed by atoms with Crippen LogP contribution < -0.4 is 16.2 Å². The molecule has 0 aliphatic carbocycles. The standard InChI is InChI=1S/C21H19FN4O3/c1-13(21(29)24-18-5-3-4-17(12-18)23-14(2)27)26-20(28)11-10-19(25-26)15-6-8-16(22)9-7-15/h3-13H,1-2H3,(H,23,27)(H,24,29). The maximum Gasteiger partial charge on any atom is 0.267 e. The Bertz CT molecular complexity index is 1110. The number of rotatable bonds is 5. The van der Waals surface area contributed by atoms with Crippen molar-refractivity contribution < 1.29 is 14.0 Å². The molecule has 1 aromatic heterocycles. The Labute approximate surface area is 166 Å². The minimum absolute atomic E-state index is 0.227. The topological polar surface area (TPSA) is 93.1 Å². The Morgan fingerprint density at radius 3 is 2.31 bits per heavy atom. The second-order valence-corrected chi connectivity index (χ2v) is 6.44. The van der Waals surface area contributed by atoms with Crippen LogP contribution in [0, 0.1) is 5.82 Å². The Morgan fingerprint density at radius 2 is 1.66 bits per heavy atom. The predicted octanol–water partition coefficient (Wildman–Crippen LogP) is 3.21. The smallest absolute Gasteiger partial charge is 0.267 e. The number of benzene rings is 2. The quantitative estimate of drug-likeness (QED) is 0.695. The summed E-state index contributed by atoms with van der Waals surface area (Å²) in [5, 5.41) is 9.60. The predicted molar refractivity (Wildman–Crippen MR) is 108 cm³/mol. The molecule has 148 valence electrons. The van der Waals surface area contributed by atoms with Gasteiger partial charge in [-0.2, -0.15) is 5.10 Å². The summed E-state index contributed by atoms with van der Waals surface area (Å²) in [6, 6.07) is 14.3. The Kier molecular flexibility index (Phi) is 5.82. The molecule has 0 spiro atoms. The zero-order valence-corrected chi connectivity index (χ0v) is 15.8. The van der Waals surface area contributed by atoms with E-state index in [0.717, 1.165) is 4.68 Å². The van der Waals surface area contributed by atoms with Crippen molar-refractivity contribution in [2.24, 2.45) is 0 Å². The summed E-state index contributed by atoms with van der Waals surface area (Å²) >= 11 is 0. The lowest BCUT2D eigenvalue weighted by atomic mass is 10.1. The van der Waals surface area contributed by atoms with Crippen molar-refractivity contribution in [2.45, 2.75) is 19.9 Å². The first kappa shape index (κ1) is 19.9. The molecule has 0 saturated carbocycles. The fraction of sp³-hybridized carbons (Fsp3) is 0.143. The first-order valence-electron chi connectivity index (χ1n) is 8.88. The molecule has 2 aromatic carbocycles. The summed E-state index contributed by atoms with van der Waals surface area (Å²) in [6.45, 7) is 2.94. The van der Waals surface area contributed by atoms with E-state index >= 15 is 0 Å². The van der Waals surface area contributed by atoms with Gasteiger partial charge in [-0.3, -0.25) is 14.4 Å². The van der Waals surface area contributed by atoms with Crippen molar-refractivity contribution >= 4 is 23.2 Å². The molecule has 0 saturated heterocycles. The summed E-state index contributed by atoms with van der Waals surface area (Å²) in [4.78, 5) is 36.1. The average molecular weight is 394 g/mol. The van der Waals surface area contributed by atoms with Crippen molar-refractivity contribution in [2.75, 3.05) is 10.6 Å². The third-order valence-electron chi connectivity index (χ3n) is 4.16. The normalized spacial score (nSPS) is 11.6. The third-order valence-corrected chi connectivity index (χ3v) is 4.16. The average Bonchev–Trinajstić information content (AvgIpc) is 2.68. The van der Waals surface area contributed by atoms with E-state index < -0.39 is 17.5 Å². The van der Waals surface area contributed by atoms with Gasteiger partial charge in [0.25, 0.3) is 5.56 Å². The van der Waals surface area contributed by atoms with Crippen LogP contribution in [0.4, 0.5) is 15.8 Å².